The van der Waals surface area contributed by atoms with Crippen LogP contribution >= 0.6 is 0 Å². The Morgan fingerprint density at radius 1 is 1.38 bits per heavy atom. The molecule has 1 atom stereocenters. The molecule has 13 heavy (non-hydrogen) atoms. The van der Waals surface area contributed by atoms with Gasteiger partial charge >= 0.3 is 0 Å². The number of hydrogen-bond donors (Lipinski definition) is 0. The zero-order chi connectivity index (χ0) is 10.1. The Kier molecular flexibility index (Phi) is 7.77. The molecule has 0 heterocycles. The maximum atomic E-state index is 3.85. The molecule has 0 fully saturated rings. The number of hydrogen-bond acceptors (Lipinski definition) is 0. The van der Waals surface area contributed by atoms with Crippen LogP contribution in [0.5, 0.6) is 0 Å². The average Bonchev–Trinajstić information content (AvgIpc) is 2.10. The fourth-order valence-corrected chi connectivity index (χ4v) is 1.44. The quantitative estimate of drug-likeness (QED) is 0.497. The molecule has 0 nitrogen and oxygen atoms in total. The van der Waals surface area contributed by atoms with E-state index in [0.717, 1.165) is 11.5 Å². The lowest BCUT2D eigenvalue weighted by atomic mass is 9.95. The molecule has 0 bridgehead atoms. The molecule has 0 rings (SSSR count). The van der Waals surface area contributed by atoms with E-state index in [2.05, 4.69) is 32.6 Å². The molecule has 0 radical (unpaired) electrons. The van der Waals surface area contributed by atoms with E-state index in [1.165, 1.54) is 32.1 Å². The molecular formula is C13H24. The normalized spacial score (nSPS) is 13.5. The van der Waals surface area contributed by atoms with Crippen LogP contribution in [-0.4, -0.2) is 0 Å². The summed E-state index contributed by atoms with van der Waals surface area (Å²) in [6, 6.07) is 0. The van der Waals surface area contributed by atoms with Gasteiger partial charge in [-0.25, -0.2) is 0 Å². The Morgan fingerprint density at radius 3 is 2.54 bits per heavy atom. The van der Waals surface area contributed by atoms with Crippen molar-refractivity contribution in [3.63, 3.8) is 0 Å². The summed E-state index contributed by atoms with van der Waals surface area (Å²) in [6.07, 6.45) is 11.0. The first-order valence-corrected chi connectivity index (χ1v) is 5.52. The van der Waals surface area contributed by atoms with Gasteiger partial charge in [0.1, 0.15) is 0 Å². The predicted octanol–water partition coefficient (Wildman–Crippen LogP) is 4.73. The van der Waals surface area contributed by atoms with E-state index in [1.807, 2.05) is 6.92 Å². The van der Waals surface area contributed by atoms with Gasteiger partial charge in [-0.3, -0.25) is 0 Å². The number of allylic oxidation sites excluding steroid dienone is 3. The molecule has 0 aromatic heterocycles. The predicted molar refractivity (Wildman–Crippen MR) is 61.9 cm³/mol. The summed E-state index contributed by atoms with van der Waals surface area (Å²) in [7, 11) is 0. The van der Waals surface area contributed by atoms with Gasteiger partial charge < -0.3 is 0 Å². The van der Waals surface area contributed by atoms with Gasteiger partial charge in [0, 0.05) is 0 Å². The minimum atomic E-state index is 0.885. The fourth-order valence-electron chi connectivity index (χ4n) is 1.44. The van der Waals surface area contributed by atoms with Gasteiger partial charge in [-0.2, -0.15) is 0 Å². The third-order valence-corrected chi connectivity index (χ3v) is 2.42. The Bertz CT molecular complexity index is 153. The summed E-state index contributed by atoms with van der Waals surface area (Å²) in [4.78, 5) is 0. The maximum absolute atomic E-state index is 3.85. The van der Waals surface area contributed by atoms with Crippen molar-refractivity contribution < 1.29 is 0 Å². The van der Waals surface area contributed by atoms with E-state index in [9.17, 15) is 0 Å². The Morgan fingerprint density at radius 2 is 2.08 bits per heavy atom. The zero-order valence-corrected chi connectivity index (χ0v) is 9.47. The standard InChI is InChI=1S/C13H24/c1-5-7-10-13(6-2)11-8-9-12(3)4/h8-9,13H,3,5-7,10-11H2,1-2,4H3/b9-8-. The largest absolute Gasteiger partial charge is 0.0961 e. The number of rotatable bonds is 7. The smallest absolute Gasteiger partial charge is 0.0319 e. The van der Waals surface area contributed by atoms with Crippen molar-refractivity contribution in [2.75, 3.05) is 0 Å². The Balaban J connectivity index is 3.64. The highest BCUT2D eigenvalue weighted by molar-refractivity contribution is 5.10. The van der Waals surface area contributed by atoms with Gasteiger partial charge in [0.25, 0.3) is 0 Å². The Hall–Kier alpha value is -0.520. The molecule has 0 aliphatic rings. The second kappa shape index (κ2) is 8.10. The highest BCUT2D eigenvalue weighted by Gasteiger charge is 2.02. The summed E-state index contributed by atoms with van der Waals surface area (Å²) in [5, 5.41) is 0. The van der Waals surface area contributed by atoms with E-state index < -0.39 is 0 Å². The van der Waals surface area contributed by atoms with Crippen molar-refractivity contribution in [1.29, 1.82) is 0 Å². The maximum Gasteiger partial charge on any atom is -0.0319 e. The monoisotopic (exact) mass is 180 g/mol. The van der Waals surface area contributed by atoms with Crippen molar-refractivity contribution in [1.82, 2.24) is 0 Å². The fraction of sp³-hybridized carbons (Fsp3) is 0.692. The SMILES string of the molecule is C=C(C)/C=C\CC(CC)CCCC. The first-order chi connectivity index (χ1) is 6.20. The molecule has 0 aromatic rings. The first-order valence-electron chi connectivity index (χ1n) is 5.52. The van der Waals surface area contributed by atoms with Gasteiger partial charge in [0.15, 0.2) is 0 Å². The first kappa shape index (κ1) is 12.5. The molecule has 1 unspecified atom stereocenters. The highest BCUT2D eigenvalue weighted by Crippen LogP contribution is 2.17. The van der Waals surface area contributed by atoms with Gasteiger partial charge in [-0.05, 0) is 19.3 Å². The van der Waals surface area contributed by atoms with Crippen molar-refractivity contribution in [3.8, 4) is 0 Å². The second-order valence-corrected chi connectivity index (χ2v) is 3.90. The zero-order valence-electron chi connectivity index (χ0n) is 9.47. The van der Waals surface area contributed by atoms with E-state index in [4.69, 9.17) is 0 Å². The molecule has 0 saturated heterocycles. The Labute approximate surface area is 83.7 Å². The molecule has 0 amide bonds. The molecule has 0 aromatic carbocycles. The minimum absolute atomic E-state index is 0.885. The number of unbranched alkanes of at least 4 members (excludes halogenated alkanes) is 1. The lowest BCUT2D eigenvalue weighted by Gasteiger charge is -2.10. The summed E-state index contributed by atoms with van der Waals surface area (Å²) in [5.74, 6) is 0.885. The molecule has 0 aliphatic carbocycles. The molecule has 0 aliphatic heterocycles. The molecular weight excluding hydrogens is 156 g/mol. The van der Waals surface area contributed by atoms with Crippen LogP contribution in [0.3, 0.4) is 0 Å². The van der Waals surface area contributed by atoms with Gasteiger partial charge in [0.05, 0.1) is 0 Å². The van der Waals surface area contributed by atoms with Crippen LogP contribution in [0, 0.1) is 5.92 Å². The lowest BCUT2D eigenvalue weighted by molar-refractivity contribution is 0.456. The van der Waals surface area contributed by atoms with Crippen LogP contribution in [0.2, 0.25) is 0 Å². The summed E-state index contributed by atoms with van der Waals surface area (Å²) in [6.45, 7) is 10.4. The van der Waals surface area contributed by atoms with Crippen molar-refractivity contribution >= 4 is 0 Å². The third-order valence-electron chi connectivity index (χ3n) is 2.42. The van der Waals surface area contributed by atoms with Gasteiger partial charge in [-0.15, -0.1) is 0 Å². The van der Waals surface area contributed by atoms with Crippen LogP contribution in [0.15, 0.2) is 24.3 Å². The van der Waals surface area contributed by atoms with Gasteiger partial charge in [-0.1, -0.05) is 63.8 Å². The van der Waals surface area contributed by atoms with E-state index in [1.54, 1.807) is 0 Å². The second-order valence-electron chi connectivity index (χ2n) is 3.90. The molecule has 0 heteroatoms. The highest BCUT2D eigenvalue weighted by atomic mass is 14.1. The minimum Gasteiger partial charge on any atom is -0.0961 e. The summed E-state index contributed by atoms with van der Waals surface area (Å²) >= 11 is 0. The van der Waals surface area contributed by atoms with Crippen LogP contribution in [0.1, 0.15) is 52.9 Å². The van der Waals surface area contributed by atoms with E-state index in [-0.39, 0.29) is 0 Å². The van der Waals surface area contributed by atoms with Gasteiger partial charge in [0.2, 0.25) is 0 Å². The van der Waals surface area contributed by atoms with Crippen molar-refractivity contribution in [2.45, 2.75) is 52.9 Å². The topological polar surface area (TPSA) is 0 Å². The van der Waals surface area contributed by atoms with Crippen LogP contribution < -0.4 is 0 Å². The lowest BCUT2D eigenvalue weighted by Crippen LogP contribution is -1.96. The van der Waals surface area contributed by atoms with Crippen LogP contribution in [-0.2, 0) is 0 Å². The van der Waals surface area contributed by atoms with Crippen LogP contribution in [0.4, 0.5) is 0 Å². The van der Waals surface area contributed by atoms with Crippen molar-refractivity contribution in [2.24, 2.45) is 5.92 Å². The molecule has 0 saturated carbocycles. The van der Waals surface area contributed by atoms with E-state index in [0.29, 0.717) is 0 Å². The summed E-state index contributed by atoms with van der Waals surface area (Å²) < 4.78 is 0. The average molecular weight is 180 g/mol. The van der Waals surface area contributed by atoms with Crippen molar-refractivity contribution in [3.05, 3.63) is 24.3 Å². The molecule has 0 spiro atoms. The third kappa shape index (κ3) is 7.83. The molecule has 0 N–H and O–H groups in total. The van der Waals surface area contributed by atoms with Crippen LogP contribution in [0.25, 0.3) is 0 Å². The van der Waals surface area contributed by atoms with E-state index >= 15 is 0 Å². The summed E-state index contributed by atoms with van der Waals surface area (Å²) in [5.41, 5.74) is 1.16. The molecule has 76 valence electrons.